The maximum Gasteiger partial charge on any atom is 0.217 e. The molecule has 3 heterocycles. The van der Waals surface area contributed by atoms with Crippen molar-refractivity contribution in [3.63, 3.8) is 0 Å². The minimum Gasteiger partial charge on any atom is -0.477 e. The van der Waals surface area contributed by atoms with Crippen molar-refractivity contribution in [1.29, 1.82) is 0 Å². The Balaban J connectivity index is 1.47. The molecule has 4 rings (SSSR count). The van der Waals surface area contributed by atoms with Gasteiger partial charge in [-0.1, -0.05) is 29.8 Å². The number of rotatable bonds is 8. The van der Waals surface area contributed by atoms with Gasteiger partial charge < -0.3 is 14.4 Å². The number of nitrogens with zero attached hydrogens (tertiary/aromatic N) is 5. The number of benzene rings is 1. The fourth-order valence-corrected chi connectivity index (χ4v) is 3.83. The molecular weight excluding hydrogens is 398 g/mol. The zero-order valence-corrected chi connectivity index (χ0v) is 17.8. The van der Waals surface area contributed by atoms with Gasteiger partial charge in [-0.3, -0.25) is 0 Å². The average molecular weight is 424 g/mol. The number of anilines is 1. The Bertz CT molecular complexity index is 971. The summed E-state index contributed by atoms with van der Waals surface area (Å²) in [7, 11) is 0. The number of aryl methyl sites for hydroxylation is 1. The summed E-state index contributed by atoms with van der Waals surface area (Å²) < 4.78 is 11.4. The minimum absolute atomic E-state index is 0.519. The van der Waals surface area contributed by atoms with Crippen molar-refractivity contribution >= 4 is 22.8 Å². The lowest BCUT2D eigenvalue weighted by Gasteiger charge is -2.29. The van der Waals surface area contributed by atoms with Gasteiger partial charge in [-0.25, -0.2) is 4.98 Å². The van der Waals surface area contributed by atoms with Crippen LogP contribution in [0.15, 0.2) is 58.2 Å². The van der Waals surface area contributed by atoms with E-state index in [9.17, 15) is 0 Å². The molecule has 1 fully saturated rings. The molecule has 0 radical (unpaired) electrons. The van der Waals surface area contributed by atoms with E-state index >= 15 is 0 Å². The van der Waals surface area contributed by atoms with Crippen molar-refractivity contribution in [2.24, 2.45) is 10.2 Å². The maximum absolute atomic E-state index is 5.93. The highest BCUT2D eigenvalue weighted by Gasteiger charge is 2.14. The maximum atomic E-state index is 5.93. The third-order valence-electron chi connectivity index (χ3n) is 4.71. The highest BCUT2D eigenvalue weighted by Crippen LogP contribution is 2.27. The largest absolute Gasteiger partial charge is 0.477 e. The normalized spacial score (nSPS) is 14.4. The van der Waals surface area contributed by atoms with E-state index in [4.69, 9.17) is 9.47 Å². The fraction of sp³-hybridized carbons (Fsp3) is 0.364. The van der Waals surface area contributed by atoms with Crippen LogP contribution in [0.25, 0.3) is 0 Å². The molecule has 0 amide bonds. The van der Waals surface area contributed by atoms with Crippen LogP contribution < -0.4 is 9.64 Å². The van der Waals surface area contributed by atoms with Crippen LogP contribution in [0.4, 0.5) is 11.5 Å². The van der Waals surface area contributed by atoms with Crippen LogP contribution in [-0.2, 0) is 17.7 Å². The van der Waals surface area contributed by atoms with E-state index < -0.39 is 0 Å². The summed E-state index contributed by atoms with van der Waals surface area (Å²) in [6, 6.07) is 12.2. The predicted octanol–water partition coefficient (Wildman–Crippen LogP) is 4.59. The van der Waals surface area contributed by atoms with Crippen molar-refractivity contribution in [1.82, 2.24) is 9.97 Å². The summed E-state index contributed by atoms with van der Waals surface area (Å²) in [6.07, 6.45) is 2.56. The van der Waals surface area contributed by atoms with Gasteiger partial charge in [0.05, 0.1) is 31.4 Å². The van der Waals surface area contributed by atoms with E-state index in [0.29, 0.717) is 38.1 Å². The number of pyridine rings is 1. The Labute approximate surface area is 180 Å². The monoisotopic (exact) mass is 423 g/mol. The minimum atomic E-state index is 0.519. The second-order valence-corrected chi connectivity index (χ2v) is 8.01. The van der Waals surface area contributed by atoms with Crippen LogP contribution in [0, 0.1) is 6.92 Å². The first kappa shape index (κ1) is 20.4. The van der Waals surface area contributed by atoms with Gasteiger partial charge in [-0.05, 0) is 12.5 Å². The van der Waals surface area contributed by atoms with E-state index in [0.717, 1.165) is 35.8 Å². The molecule has 0 atom stereocenters. The molecule has 0 spiro atoms. The van der Waals surface area contributed by atoms with Crippen LogP contribution in [0.5, 0.6) is 5.88 Å². The topological polar surface area (TPSA) is 72.2 Å². The van der Waals surface area contributed by atoms with Gasteiger partial charge in [0.25, 0.3) is 0 Å². The Hall–Kier alpha value is -2.84. The first-order chi connectivity index (χ1) is 14.8. The van der Waals surface area contributed by atoms with Gasteiger partial charge in [0.15, 0.2) is 5.82 Å². The van der Waals surface area contributed by atoms with Crippen LogP contribution >= 0.6 is 11.3 Å². The third kappa shape index (κ3) is 5.84. The van der Waals surface area contributed by atoms with Gasteiger partial charge in [0, 0.05) is 48.9 Å². The van der Waals surface area contributed by atoms with Crippen molar-refractivity contribution in [2.45, 2.75) is 19.9 Å². The number of azo groups is 1. The van der Waals surface area contributed by atoms with Crippen molar-refractivity contribution in [3.05, 3.63) is 64.1 Å². The predicted molar refractivity (Wildman–Crippen MR) is 118 cm³/mol. The Morgan fingerprint density at radius 3 is 2.90 bits per heavy atom. The quantitative estimate of drug-likeness (QED) is 0.496. The number of hydrogen-bond donors (Lipinski definition) is 0. The van der Waals surface area contributed by atoms with Gasteiger partial charge in [-0.2, -0.15) is 10.1 Å². The molecule has 0 unspecified atom stereocenters. The standard InChI is InChI=1S/C22H25N5O2S/c1-17-3-2-4-18(13-17)16-24-26-20-14-19(27-7-10-28-11-8-27)15-21(25-20)29-9-5-22-23-6-12-30-22/h2-4,6,12-15H,5,7-11,16H2,1H3. The second-order valence-electron chi connectivity index (χ2n) is 7.03. The van der Waals surface area contributed by atoms with Crippen LogP contribution in [0.3, 0.4) is 0 Å². The van der Waals surface area contributed by atoms with Gasteiger partial charge in [0.1, 0.15) is 0 Å². The summed E-state index contributed by atoms with van der Waals surface area (Å²) in [4.78, 5) is 11.1. The first-order valence-electron chi connectivity index (χ1n) is 10.1. The molecule has 156 valence electrons. The number of hydrogen-bond acceptors (Lipinski definition) is 8. The lowest BCUT2D eigenvalue weighted by atomic mass is 10.1. The molecule has 0 bridgehead atoms. The molecular formula is C22H25N5O2S. The zero-order chi connectivity index (χ0) is 20.6. The highest BCUT2D eigenvalue weighted by atomic mass is 32.1. The zero-order valence-electron chi connectivity index (χ0n) is 17.0. The van der Waals surface area contributed by atoms with Gasteiger partial charge >= 0.3 is 0 Å². The number of ether oxygens (including phenoxy) is 2. The molecule has 8 heteroatoms. The van der Waals surface area contributed by atoms with Gasteiger partial charge in [0.2, 0.25) is 5.88 Å². The average Bonchev–Trinajstić information content (AvgIpc) is 3.28. The molecule has 1 aliphatic rings. The fourth-order valence-electron chi connectivity index (χ4n) is 3.23. The SMILES string of the molecule is Cc1cccc(CN=Nc2cc(N3CCOCC3)cc(OCCc3nccs3)n2)c1. The highest BCUT2D eigenvalue weighted by molar-refractivity contribution is 7.09. The van der Waals surface area contributed by atoms with Gasteiger partial charge in [-0.15, -0.1) is 16.5 Å². The Morgan fingerprint density at radius 2 is 2.10 bits per heavy atom. The molecule has 0 N–H and O–H groups in total. The van der Waals surface area contributed by atoms with Crippen molar-refractivity contribution in [2.75, 3.05) is 37.8 Å². The summed E-state index contributed by atoms with van der Waals surface area (Å²) in [5, 5.41) is 11.8. The second kappa shape index (κ2) is 10.3. The molecule has 0 aliphatic carbocycles. The molecule has 1 saturated heterocycles. The summed E-state index contributed by atoms with van der Waals surface area (Å²) in [5.74, 6) is 1.11. The number of thiazole rings is 1. The molecule has 1 aromatic carbocycles. The number of aromatic nitrogens is 2. The lowest BCUT2D eigenvalue weighted by molar-refractivity contribution is 0.122. The molecule has 3 aromatic rings. The van der Waals surface area contributed by atoms with E-state index in [1.807, 2.05) is 29.8 Å². The number of morpholine rings is 1. The third-order valence-corrected chi connectivity index (χ3v) is 5.55. The first-order valence-corrected chi connectivity index (χ1v) is 10.9. The molecule has 7 nitrogen and oxygen atoms in total. The molecule has 30 heavy (non-hydrogen) atoms. The van der Waals surface area contributed by atoms with Crippen LogP contribution in [0.1, 0.15) is 16.1 Å². The molecule has 2 aromatic heterocycles. The Kier molecular flexibility index (Phi) is 6.99. The van der Waals surface area contributed by atoms with Crippen molar-refractivity contribution in [3.8, 4) is 5.88 Å². The van der Waals surface area contributed by atoms with Crippen LogP contribution in [0.2, 0.25) is 0 Å². The molecule has 1 aliphatic heterocycles. The lowest BCUT2D eigenvalue weighted by Crippen LogP contribution is -2.36. The van der Waals surface area contributed by atoms with E-state index in [-0.39, 0.29) is 0 Å². The van der Waals surface area contributed by atoms with Crippen LogP contribution in [-0.4, -0.2) is 42.9 Å². The van der Waals surface area contributed by atoms with Crippen molar-refractivity contribution < 1.29 is 9.47 Å². The molecule has 0 saturated carbocycles. The summed E-state index contributed by atoms with van der Waals surface area (Å²) >= 11 is 1.63. The van der Waals surface area contributed by atoms with E-state index in [2.05, 4.69) is 50.2 Å². The summed E-state index contributed by atoms with van der Waals surface area (Å²) in [5.41, 5.74) is 3.37. The Morgan fingerprint density at radius 1 is 1.20 bits per heavy atom. The summed E-state index contributed by atoms with van der Waals surface area (Å²) in [6.45, 7) is 6.21. The van der Waals surface area contributed by atoms with E-state index in [1.165, 1.54) is 5.56 Å². The van der Waals surface area contributed by atoms with E-state index in [1.54, 1.807) is 11.3 Å². The smallest absolute Gasteiger partial charge is 0.217 e.